The Morgan fingerprint density at radius 2 is 2.29 bits per heavy atom. The number of ketones is 1. The second-order valence-electron chi connectivity index (χ2n) is 5.18. The average Bonchev–Trinajstić information content (AvgIpc) is 2.48. The number of nitrogens with zero attached hydrogens (tertiary/aromatic N) is 3. The van der Waals surface area contributed by atoms with Gasteiger partial charge in [0.05, 0.1) is 18.0 Å². The van der Waals surface area contributed by atoms with Crippen molar-refractivity contribution >= 4 is 15.8 Å². The van der Waals surface area contributed by atoms with Crippen molar-refractivity contribution in [3.63, 3.8) is 0 Å². The molecule has 6 nitrogen and oxygen atoms in total. The van der Waals surface area contributed by atoms with Crippen molar-refractivity contribution in [2.24, 2.45) is 5.92 Å². The van der Waals surface area contributed by atoms with E-state index >= 15 is 0 Å². The number of carbonyl (C=O) groups excluding carboxylic acids is 1. The smallest absolute Gasteiger partial charge is 0.211 e. The Hall–Kier alpha value is -1.78. The van der Waals surface area contributed by atoms with Gasteiger partial charge in [0.2, 0.25) is 10.0 Å². The molecule has 1 fully saturated rings. The zero-order chi connectivity index (χ0) is 15.5. The molecule has 1 aliphatic rings. The van der Waals surface area contributed by atoms with Crippen LogP contribution < -0.4 is 0 Å². The summed E-state index contributed by atoms with van der Waals surface area (Å²) in [6.45, 7) is 0.589. The van der Waals surface area contributed by atoms with Crippen molar-refractivity contribution in [1.82, 2.24) is 9.29 Å². The zero-order valence-corrected chi connectivity index (χ0v) is 12.6. The molecule has 1 aromatic rings. The first-order valence-electron chi connectivity index (χ1n) is 6.73. The SMILES string of the molecule is CS(=O)(=O)N1CCCC(C(=O)C(C#N)c2ccccn2)C1. The maximum atomic E-state index is 12.5. The van der Waals surface area contributed by atoms with Crippen LogP contribution in [0.3, 0.4) is 0 Å². The fourth-order valence-corrected chi connectivity index (χ4v) is 3.45. The number of hydrogen-bond donors (Lipinski definition) is 0. The molecule has 112 valence electrons. The summed E-state index contributed by atoms with van der Waals surface area (Å²) in [6.07, 6.45) is 3.91. The molecule has 0 N–H and O–H groups in total. The molecule has 1 aliphatic heterocycles. The van der Waals surface area contributed by atoms with Gasteiger partial charge < -0.3 is 0 Å². The van der Waals surface area contributed by atoms with Crippen LogP contribution in [-0.4, -0.2) is 42.8 Å². The second-order valence-corrected chi connectivity index (χ2v) is 7.16. The van der Waals surface area contributed by atoms with Gasteiger partial charge in [-0.1, -0.05) is 6.07 Å². The highest BCUT2D eigenvalue weighted by molar-refractivity contribution is 7.88. The Kier molecular flexibility index (Phi) is 4.70. The minimum absolute atomic E-state index is 0.155. The van der Waals surface area contributed by atoms with Crippen LogP contribution in [-0.2, 0) is 14.8 Å². The van der Waals surface area contributed by atoms with Gasteiger partial charge in [-0.05, 0) is 25.0 Å². The van der Waals surface area contributed by atoms with E-state index < -0.39 is 21.9 Å². The van der Waals surface area contributed by atoms with E-state index in [0.29, 0.717) is 25.1 Å². The number of nitriles is 1. The largest absolute Gasteiger partial charge is 0.297 e. The molecule has 1 saturated heterocycles. The number of pyridine rings is 1. The third-order valence-corrected chi connectivity index (χ3v) is 4.92. The van der Waals surface area contributed by atoms with Crippen molar-refractivity contribution in [1.29, 1.82) is 5.26 Å². The summed E-state index contributed by atoms with van der Waals surface area (Å²) in [5.41, 5.74) is 0.418. The van der Waals surface area contributed by atoms with Crippen LogP contribution in [0.2, 0.25) is 0 Å². The molecule has 7 heteroatoms. The van der Waals surface area contributed by atoms with Crippen LogP contribution in [0.4, 0.5) is 0 Å². The molecule has 2 rings (SSSR count). The molecule has 2 heterocycles. The molecule has 2 atom stereocenters. The van der Waals surface area contributed by atoms with E-state index in [9.17, 15) is 18.5 Å². The first-order chi connectivity index (χ1) is 9.93. The highest BCUT2D eigenvalue weighted by atomic mass is 32.2. The monoisotopic (exact) mass is 307 g/mol. The maximum Gasteiger partial charge on any atom is 0.211 e. The predicted molar refractivity (Wildman–Crippen MR) is 76.7 cm³/mol. The second kappa shape index (κ2) is 6.33. The topological polar surface area (TPSA) is 91.1 Å². The van der Waals surface area contributed by atoms with Gasteiger partial charge in [0, 0.05) is 25.2 Å². The van der Waals surface area contributed by atoms with E-state index in [0.717, 1.165) is 6.26 Å². The van der Waals surface area contributed by atoms with Crippen LogP contribution in [0.15, 0.2) is 24.4 Å². The number of piperidine rings is 1. The van der Waals surface area contributed by atoms with Crippen LogP contribution in [0, 0.1) is 17.2 Å². The van der Waals surface area contributed by atoms with Gasteiger partial charge >= 0.3 is 0 Å². The Bertz CT molecular complexity index is 652. The number of aromatic nitrogens is 1. The fraction of sp³-hybridized carbons (Fsp3) is 0.500. The average molecular weight is 307 g/mol. The summed E-state index contributed by atoms with van der Waals surface area (Å²) in [6, 6.07) is 7.07. The Morgan fingerprint density at radius 3 is 2.86 bits per heavy atom. The lowest BCUT2D eigenvalue weighted by Crippen LogP contribution is -2.42. The summed E-state index contributed by atoms with van der Waals surface area (Å²) in [5, 5.41) is 9.26. The molecule has 0 spiro atoms. The van der Waals surface area contributed by atoms with Gasteiger partial charge in [0.15, 0.2) is 5.78 Å². The standard InChI is InChI=1S/C14H17N3O3S/c1-21(19,20)17-8-4-5-11(10-17)14(18)12(9-15)13-6-2-3-7-16-13/h2-3,6-7,11-12H,4-5,8,10H2,1H3. The highest BCUT2D eigenvalue weighted by Crippen LogP contribution is 2.25. The molecule has 0 aromatic carbocycles. The lowest BCUT2D eigenvalue weighted by atomic mass is 9.86. The van der Waals surface area contributed by atoms with Gasteiger partial charge in [-0.2, -0.15) is 5.26 Å². The van der Waals surface area contributed by atoms with E-state index in [-0.39, 0.29) is 12.3 Å². The van der Waals surface area contributed by atoms with Crippen LogP contribution in [0.25, 0.3) is 0 Å². The van der Waals surface area contributed by atoms with Gasteiger partial charge in [0.25, 0.3) is 0 Å². The molecule has 0 saturated carbocycles. The highest BCUT2D eigenvalue weighted by Gasteiger charge is 2.34. The molecule has 21 heavy (non-hydrogen) atoms. The number of rotatable bonds is 4. The normalized spacial score (nSPS) is 21.4. The molecular formula is C14H17N3O3S. The molecule has 0 bridgehead atoms. The molecule has 0 aliphatic carbocycles. The Labute approximate surface area is 124 Å². The Morgan fingerprint density at radius 1 is 1.52 bits per heavy atom. The minimum atomic E-state index is -3.31. The van der Waals surface area contributed by atoms with Crippen molar-refractivity contribution in [2.45, 2.75) is 18.8 Å². The van der Waals surface area contributed by atoms with Crippen molar-refractivity contribution in [3.8, 4) is 6.07 Å². The summed E-state index contributed by atoms with van der Waals surface area (Å²) in [7, 11) is -3.31. The molecule has 2 unspecified atom stereocenters. The third kappa shape index (κ3) is 3.65. The minimum Gasteiger partial charge on any atom is -0.297 e. The maximum absolute atomic E-state index is 12.5. The lowest BCUT2D eigenvalue weighted by Gasteiger charge is -2.30. The number of sulfonamides is 1. The summed E-state index contributed by atoms with van der Waals surface area (Å²) in [5.74, 6) is -1.62. The zero-order valence-electron chi connectivity index (χ0n) is 11.8. The van der Waals surface area contributed by atoms with Crippen LogP contribution >= 0.6 is 0 Å². The van der Waals surface area contributed by atoms with E-state index in [4.69, 9.17) is 0 Å². The summed E-state index contributed by atoms with van der Waals surface area (Å²) < 4.78 is 24.5. The van der Waals surface area contributed by atoms with Crippen molar-refractivity contribution in [2.75, 3.05) is 19.3 Å². The number of hydrogen-bond acceptors (Lipinski definition) is 5. The summed E-state index contributed by atoms with van der Waals surface area (Å²) in [4.78, 5) is 16.6. The van der Waals surface area contributed by atoms with Crippen molar-refractivity contribution < 1.29 is 13.2 Å². The summed E-state index contributed by atoms with van der Waals surface area (Å²) >= 11 is 0. The van der Waals surface area contributed by atoms with Gasteiger partial charge in [-0.15, -0.1) is 0 Å². The van der Waals surface area contributed by atoms with E-state index in [1.165, 1.54) is 10.5 Å². The third-order valence-electron chi connectivity index (χ3n) is 3.65. The van der Waals surface area contributed by atoms with E-state index in [1.807, 2.05) is 6.07 Å². The first-order valence-corrected chi connectivity index (χ1v) is 8.57. The van der Waals surface area contributed by atoms with Crippen LogP contribution in [0.5, 0.6) is 0 Å². The van der Waals surface area contributed by atoms with Crippen LogP contribution in [0.1, 0.15) is 24.5 Å². The fourth-order valence-electron chi connectivity index (χ4n) is 2.53. The molecule has 0 radical (unpaired) electrons. The van der Waals surface area contributed by atoms with Gasteiger partial charge in [-0.3, -0.25) is 9.78 Å². The van der Waals surface area contributed by atoms with E-state index in [2.05, 4.69) is 4.98 Å². The molecular weight excluding hydrogens is 290 g/mol. The van der Waals surface area contributed by atoms with Gasteiger partial charge in [-0.25, -0.2) is 12.7 Å². The van der Waals surface area contributed by atoms with Gasteiger partial charge in [0.1, 0.15) is 5.92 Å². The predicted octanol–water partition coefficient (Wildman–Crippen LogP) is 0.929. The number of carbonyl (C=O) groups is 1. The van der Waals surface area contributed by atoms with Crippen molar-refractivity contribution in [3.05, 3.63) is 30.1 Å². The molecule has 1 aromatic heterocycles. The lowest BCUT2D eigenvalue weighted by molar-refractivity contribution is -0.124. The first kappa shape index (κ1) is 15.6. The quantitative estimate of drug-likeness (QED) is 0.825. The van der Waals surface area contributed by atoms with E-state index in [1.54, 1.807) is 18.2 Å². The Balaban J connectivity index is 2.17. The number of Topliss-reactive ketones (excluding diaryl/α,β-unsaturated/α-hetero) is 1. The molecule has 0 amide bonds.